The number of amides is 1. The molecule has 1 aliphatic rings. The Morgan fingerprint density at radius 1 is 1.05 bits per heavy atom. The van der Waals surface area contributed by atoms with Crippen LogP contribution in [0.2, 0.25) is 0 Å². The van der Waals surface area contributed by atoms with Gasteiger partial charge in [0.05, 0.1) is 0 Å². The topological polar surface area (TPSA) is 41.6 Å². The van der Waals surface area contributed by atoms with Crippen molar-refractivity contribution in [2.75, 3.05) is 13.1 Å². The van der Waals surface area contributed by atoms with Crippen LogP contribution in [0.5, 0.6) is 0 Å². The first-order valence-corrected chi connectivity index (χ1v) is 8.83. The minimum atomic E-state index is -0.449. The third kappa shape index (κ3) is 7.48. The van der Waals surface area contributed by atoms with E-state index < -0.39 is 5.60 Å². The van der Waals surface area contributed by atoms with Crippen LogP contribution in [0.15, 0.2) is 0 Å². The molecule has 0 aromatic rings. The SMILES string of the molecule is CC(C)(C)OC(=O)N(CCNC1CCCCCC1)C(C)(C)C. The first kappa shape index (κ1) is 19.3. The van der Waals surface area contributed by atoms with E-state index in [0.717, 1.165) is 6.54 Å². The Morgan fingerprint density at radius 3 is 2.05 bits per heavy atom. The van der Waals surface area contributed by atoms with Crippen LogP contribution in [0.1, 0.15) is 80.1 Å². The first-order chi connectivity index (χ1) is 10.1. The molecular formula is C18H36N2O2. The van der Waals surface area contributed by atoms with Gasteiger partial charge in [-0.3, -0.25) is 0 Å². The van der Waals surface area contributed by atoms with Gasteiger partial charge in [-0.1, -0.05) is 25.7 Å². The number of nitrogens with one attached hydrogen (secondary N) is 1. The van der Waals surface area contributed by atoms with Crippen molar-refractivity contribution in [3.63, 3.8) is 0 Å². The van der Waals surface area contributed by atoms with E-state index in [1.54, 1.807) is 0 Å². The molecule has 1 saturated carbocycles. The van der Waals surface area contributed by atoms with Crippen LogP contribution in [0.4, 0.5) is 4.79 Å². The van der Waals surface area contributed by atoms with Crippen molar-refractivity contribution in [1.82, 2.24) is 10.2 Å². The Hall–Kier alpha value is -0.770. The molecule has 1 aliphatic carbocycles. The summed E-state index contributed by atoms with van der Waals surface area (Å²) in [5.41, 5.74) is -0.678. The lowest BCUT2D eigenvalue weighted by molar-refractivity contribution is 0.00643. The van der Waals surface area contributed by atoms with Crippen LogP contribution < -0.4 is 5.32 Å². The average molecular weight is 312 g/mol. The first-order valence-electron chi connectivity index (χ1n) is 8.83. The highest BCUT2D eigenvalue weighted by molar-refractivity contribution is 5.69. The number of hydrogen-bond donors (Lipinski definition) is 1. The van der Waals surface area contributed by atoms with Crippen molar-refractivity contribution < 1.29 is 9.53 Å². The van der Waals surface area contributed by atoms with Crippen LogP contribution in [0.3, 0.4) is 0 Å². The highest BCUT2D eigenvalue weighted by Crippen LogP contribution is 2.19. The molecule has 1 N–H and O–H groups in total. The Balaban J connectivity index is 2.49. The molecule has 1 fully saturated rings. The van der Waals surface area contributed by atoms with Gasteiger partial charge in [-0.2, -0.15) is 0 Å². The van der Waals surface area contributed by atoms with Crippen LogP contribution in [0, 0.1) is 0 Å². The minimum Gasteiger partial charge on any atom is -0.444 e. The Kier molecular flexibility index (Phi) is 7.17. The quantitative estimate of drug-likeness (QED) is 0.785. The van der Waals surface area contributed by atoms with Gasteiger partial charge in [0, 0.05) is 24.7 Å². The maximum absolute atomic E-state index is 12.4. The van der Waals surface area contributed by atoms with Gasteiger partial charge >= 0.3 is 6.09 Å². The van der Waals surface area contributed by atoms with Crippen molar-refractivity contribution in [3.05, 3.63) is 0 Å². The summed E-state index contributed by atoms with van der Waals surface area (Å²) in [4.78, 5) is 14.3. The molecule has 0 saturated heterocycles. The summed E-state index contributed by atoms with van der Waals surface area (Å²) >= 11 is 0. The molecule has 0 atom stereocenters. The highest BCUT2D eigenvalue weighted by Gasteiger charge is 2.30. The van der Waals surface area contributed by atoms with E-state index in [9.17, 15) is 4.79 Å². The smallest absolute Gasteiger partial charge is 0.410 e. The van der Waals surface area contributed by atoms with E-state index in [1.807, 2.05) is 25.7 Å². The van der Waals surface area contributed by atoms with Gasteiger partial charge in [-0.05, 0) is 54.4 Å². The number of ether oxygens (including phenoxy) is 1. The lowest BCUT2D eigenvalue weighted by Gasteiger charge is -2.37. The van der Waals surface area contributed by atoms with Gasteiger partial charge in [-0.25, -0.2) is 4.79 Å². The van der Waals surface area contributed by atoms with Gasteiger partial charge in [-0.15, -0.1) is 0 Å². The summed E-state index contributed by atoms with van der Waals surface area (Å²) in [6.07, 6.45) is 7.69. The maximum Gasteiger partial charge on any atom is 0.410 e. The molecule has 22 heavy (non-hydrogen) atoms. The van der Waals surface area contributed by atoms with Crippen molar-refractivity contribution in [1.29, 1.82) is 0 Å². The lowest BCUT2D eigenvalue weighted by Crippen LogP contribution is -2.51. The predicted octanol–water partition coefficient (Wildman–Crippen LogP) is 4.33. The van der Waals surface area contributed by atoms with E-state index in [0.29, 0.717) is 12.6 Å². The van der Waals surface area contributed by atoms with Crippen molar-refractivity contribution in [2.24, 2.45) is 0 Å². The number of carbonyl (C=O) groups excluding carboxylic acids is 1. The fourth-order valence-corrected chi connectivity index (χ4v) is 2.88. The number of carbonyl (C=O) groups is 1. The molecule has 0 heterocycles. The number of nitrogens with zero attached hydrogens (tertiary/aromatic N) is 1. The van der Waals surface area contributed by atoms with Gasteiger partial charge in [0.15, 0.2) is 0 Å². The number of hydrogen-bond acceptors (Lipinski definition) is 3. The molecule has 0 bridgehead atoms. The molecule has 0 spiro atoms. The fourth-order valence-electron chi connectivity index (χ4n) is 2.88. The minimum absolute atomic E-state index is 0.220. The van der Waals surface area contributed by atoms with Gasteiger partial charge < -0.3 is 15.0 Å². The summed E-state index contributed by atoms with van der Waals surface area (Å²) < 4.78 is 5.55. The zero-order valence-corrected chi connectivity index (χ0v) is 15.5. The zero-order valence-electron chi connectivity index (χ0n) is 15.5. The van der Waals surface area contributed by atoms with E-state index in [1.165, 1.54) is 38.5 Å². The van der Waals surface area contributed by atoms with Crippen LogP contribution >= 0.6 is 0 Å². The molecule has 130 valence electrons. The highest BCUT2D eigenvalue weighted by atomic mass is 16.6. The monoisotopic (exact) mass is 312 g/mol. The summed E-state index contributed by atoms with van der Waals surface area (Å²) in [5, 5.41) is 3.63. The second kappa shape index (κ2) is 8.19. The molecule has 4 heteroatoms. The maximum atomic E-state index is 12.4. The molecule has 0 aromatic carbocycles. The molecule has 1 rings (SSSR count). The standard InChI is InChI=1S/C18H36N2O2/c1-17(2,3)20(16(21)22-18(4,5)6)14-13-19-15-11-9-7-8-10-12-15/h15,19H,7-14H2,1-6H3. The van der Waals surface area contributed by atoms with Gasteiger partial charge in [0.25, 0.3) is 0 Å². The lowest BCUT2D eigenvalue weighted by atomic mass is 10.1. The molecule has 0 unspecified atom stereocenters. The second-order valence-corrected chi connectivity index (χ2v) is 8.45. The third-order valence-corrected chi connectivity index (χ3v) is 4.05. The third-order valence-electron chi connectivity index (χ3n) is 4.05. The van der Waals surface area contributed by atoms with E-state index in [4.69, 9.17) is 4.74 Å². The van der Waals surface area contributed by atoms with E-state index in [2.05, 4.69) is 26.1 Å². The van der Waals surface area contributed by atoms with Crippen LogP contribution in [-0.2, 0) is 4.74 Å². The molecular weight excluding hydrogens is 276 g/mol. The van der Waals surface area contributed by atoms with Crippen LogP contribution in [-0.4, -0.2) is 41.3 Å². The molecule has 4 nitrogen and oxygen atoms in total. The van der Waals surface area contributed by atoms with E-state index in [-0.39, 0.29) is 11.6 Å². The van der Waals surface area contributed by atoms with E-state index >= 15 is 0 Å². The van der Waals surface area contributed by atoms with Crippen LogP contribution in [0.25, 0.3) is 0 Å². The number of rotatable bonds is 4. The molecule has 1 amide bonds. The summed E-state index contributed by atoms with van der Waals surface area (Å²) in [6, 6.07) is 0.614. The second-order valence-electron chi connectivity index (χ2n) is 8.45. The Morgan fingerprint density at radius 2 is 1.59 bits per heavy atom. The fraction of sp³-hybridized carbons (Fsp3) is 0.944. The summed E-state index contributed by atoms with van der Waals surface area (Å²) in [5.74, 6) is 0. The average Bonchev–Trinajstić information content (AvgIpc) is 2.59. The Bertz CT molecular complexity index is 334. The summed E-state index contributed by atoms with van der Waals surface area (Å²) in [7, 11) is 0. The molecule has 0 aromatic heterocycles. The predicted molar refractivity (Wildman–Crippen MR) is 92.2 cm³/mol. The largest absolute Gasteiger partial charge is 0.444 e. The van der Waals surface area contributed by atoms with Crippen molar-refractivity contribution >= 4 is 6.09 Å². The molecule has 0 aliphatic heterocycles. The van der Waals surface area contributed by atoms with Crippen molar-refractivity contribution in [2.45, 2.75) is 97.2 Å². The summed E-state index contributed by atoms with van der Waals surface area (Å²) in [6.45, 7) is 13.4. The van der Waals surface area contributed by atoms with Crippen molar-refractivity contribution in [3.8, 4) is 0 Å². The molecule has 0 radical (unpaired) electrons. The normalized spacial score (nSPS) is 17.9. The van der Waals surface area contributed by atoms with Gasteiger partial charge in [0.1, 0.15) is 5.60 Å². The zero-order chi connectivity index (χ0) is 16.8. The Labute approximate surface area is 137 Å². The van der Waals surface area contributed by atoms with Gasteiger partial charge in [0.2, 0.25) is 0 Å².